The van der Waals surface area contributed by atoms with Crippen molar-refractivity contribution in [2.24, 2.45) is 45.8 Å². The maximum absolute atomic E-state index is 12.4. The van der Waals surface area contributed by atoms with Gasteiger partial charge >= 0.3 is 23.9 Å². The van der Waals surface area contributed by atoms with E-state index in [4.69, 9.17) is 18.9 Å². The lowest BCUT2D eigenvalue weighted by molar-refractivity contribution is -0.225. The molecule has 0 spiro atoms. The third-order valence-corrected chi connectivity index (χ3v) is 14.7. The molecule has 7 saturated carbocycles. The fourth-order valence-electron chi connectivity index (χ4n) is 10.2. The summed E-state index contributed by atoms with van der Waals surface area (Å²) in [6.07, 6.45) is 14.9. The minimum absolute atomic E-state index is 0. The number of carbonyl (C=O) groups excluding carboxylic acids is 4. The van der Waals surface area contributed by atoms with E-state index in [-0.39, 0.29) is 103 Å². The molecule has 0 aromatic carbocycles. The second kappa shape index (κ2) is 21.1. The molecule has 0 radical (unpaired) electrons. The Kier molecular flexibility index (Phi) is 21.1. The molecular formula is C49H94O9. The van der Waals surface area contributed by atoms with Crippen LogP contribution in [-0.2, 0) is 38.1 Å². The van der Waals surface area contributed by atoms with Crippen LogP contribution in [0.15, 0.2) is 0 Å². The average Bonchev–Trinajstić information content (AvgIpc) is 3.84. The highest BCUT2D eigenvalue weighted by Crippen LogP contribution is 2.59. The first-order chi connectivity index (χ1) is 24.2. The molecule has 9 nitrogen and oxygen atoms in total. The summed E-state index contributed by atoms with van der Waals surface area (Å²) in [5, 5.41) is 10.6. The highest BCUT2D eigenvalue weighted by Gasteiger charge is 2.64. The maximum Gasteiger partial charge on any atom is 0.312 e. The summed E-state index contributed by atoms with van der Waals surface area (Å²) in [5.41, 5.74) is -2.24. The van der Waals surface area contributed by atoms with Crippen LogP contribution >= 0.6 is 0 Å². The quantitative estimate of drug-likeness (QED) is 0.169. The van der Waals surface area contributed by atoms with Crippen molar-refractivity contribution in [3.8, 4) is 0 Å². The van der Waals surface area contributed by atoms with Crippen molar-refractivity contribution < 1.29 is 43.2 Å². The number of esters is 4. The smallest absolute Gasteiger partial charge is 0.312 e. The fourth-order valence-corrected chi connectivity index (χ4v) is 10.2. The van der Waals surface area contributed by atoms with E-state index in [2.05, 4.69) is 6.92 Å². The van der Waals surface area contributed by atoms with E-state index >= 15 is 0 Å². The van der Waals surface area contributed by atoms with Gasteiger partial charge in [-0.2, -0.15) is 0 Å². The van der Waals surface area contributed by atoms with Gasteiger partial charge in [0.25, 0.3) is 0 Å². The number of hydrogen-bond donors (Lipinski definition) is 1. The molecule has 1 saturated heterocycles. The molecule has 7 unspecified atom stereocenters. The molecular weight excluding hydrogens is 733 g/mol. The van der Waals surface area contributed by atoms with E-state index in [1.54, 1.807) is 0 Å². The summed E-state index contributed by atoms with van der Waals surface area (Å²) in [6, 6.07) is 0. The average molecular weight is 827 g/mol. The third kappa shape index (κ3) is 11.8. The number of carbonyl (C=O) groups is 4. The molecule has 0 aromatic rings. The molecule has 1 N–H and O–H groups in total. The monoisotopic (exact) mass is 827 g/mol. The van der Waals surface area contributed by atoms with Crippen molar-refractivity contribution in [1.29, 1.82) is 0 Å². The topological polar surface area (TPSA) is 125 Å². The zero-order valence-corrected chi connectivity index (χ0v) is 34.1. The van der Waals surface area contributed by atoms with Gasteiger partial charge in [0.15, 0.2) is 0 Å². The van der Waals surface area contributed by atoms with Gasteiger partial charge in [-0.3, -0.25) is 19.2 Å². The minimum atomic E-state index is -0.555. The normalized spacial score (nSPS) is 32.5. The largest absolute Gasteiger partial charge is 0.459 e. The molecule has 8 aliphatic rings. The molecule has 0 aromatic heterocycles. The van der Waals surface area contributed by atoms with E-state index in [9.17, 15) is 24.3 Å². The molecule has 0 amide bonds. The summed E-state index contributed by atoms with van der Waals surface area (Å²) in [7, 11) is 0. The van der Waals surface area contributed by atoms with E-state index < -0.39 is 16.4 Å². The molecule has 6 bridgehead atoms. The number of fused-ring (bicyclic) bond motifs is 1. The Morgan fingerprint density at radius 1 is 0.690 bits per heavy atom. The van der Waals surface area contributed by atoms with Crippen LogP contribution in [0.4, 0.5) is 0 Å². The molecule has 8 rings (SSSR count). The van der Waals surface area contributed by atoms with Crippen LogP contribution in [0.2, 0.25) is 0 Å². The molecule has 1 aliphatic heterocycles. The Balaban J connectivity index is 0. The number of hydrogen-bond acceptors (Lipinski definition) is 9. The van der Waals surface area contributed by atoms with Crippen LogP contribution in [0.3, 0.4) is 0 Å². The zero-order chi connectivity index (χ0) is 38.5. The van der Waals surface area contributed by atoms with Gasteiger partial charge in [-0.1, -0.05) is 72.3 Å². The molecule has 58 heavy (non-hydrogen) atoms. The predicted molar refractivity (Wildman–Crippen MR) is 238 cm³/mol. The van der Waals surface area contributed by atoms with Crippen LogP contribution in [0.1, 0.15) is 217 Å². The van der Waals surface area contributed by atoms with Gasteiger partial charge in [0.05, 0.1) is 27.8 Å². The van der Waals surface area contributed by atoms with Gasteiger partial charge < -0.3 is 24.1 Å². The van der Waals surface area contributed by atoms with Crippen molar-refractivity contribution in [2.75, 3.05) is 0 Å². The molecule has 8 fully saturated rings. The summed E-state index contributed by atoms with van der Waals surface area (Å²) in [6.45, 7) is 19.8. The van der Waals surface area contributed by atoms with E-state index in [0.29, 0.717) is 30.1 Å². The Bertz CT molecular complexity index is 1330. The van der Waals surface area contributed by atoms with Crippen molar-refractivity contribution in [1.82, 2.24) is 0 Å². The van der Waals surface area contributed by atoms with Gasteiger partial charge in [0.1, 0.15) is 23.4 Å². The van der Waals surface area contributed by atoms with Crippen molar-refractivity contribution in [2.45, 2.75) is 246 Å². The van der Waals surface area contributed by atoms with Gasteiger partial charge in [0, 0.05) is 18.3 Å². The van der Waals surface area contributed by atoms with Crippen LogP contribution in [0.25, 0.3) is 0 Å². The second-order valence-corrected chi connectivity index (χ2v) is 19.9. The lowest BCUT2D eigenvalue weighted by Crippen LogP contribution is -2.61. The first-order valence-corrected chi connectivity index (χ1v) is 20.8. The van der Waals surface area contributed by atoms with Gasteiger partial charge in [0.2, 0.25) is 0 Å². The standard InChI is InChI=1S/C16H26O3.C14H20O4.C13H24O2.6CH4/c1-4-14(2,3)13(17)19-16-8-11-5-12(9-16)7-15(18,6-11)10-16;1-4-14(2,3)13(16)18-10-7-5-8-9(6-7)12(15)17-11(8)10;1-5-12(3,4)11(14)15-13(6-2)9-7-8-10-13;;;;;;/h11-12,18H,4-10H2,1-3H3;7-11H,4-6H2,1-3H3;5-10H2,1-4H3;6*1H4. The van der Waals surface area contributed by atoms with Crippen LogP contribution in [0.5, 0.6) is 0 Å². The molecule has 7 atom stereocenters. The minimum Gasteiger partial charge on any atom is -0.459 e. The van der Waals surface area contributed by atoms with Gasteiger partial charge in [-0.15, -0.1) is 0 Å². The zero-order valence-electron chi connectivity index (χ0n) is 34.1. The second-order valence-electron chi connectivity index (χ2n) is 19.9. The van der Waals surface area contributed by atoms with E-state index in [1.165, 1.54) is 19.3 Å². The van der Waals surface area contributed by atoms with Crippen molar-refractivity contribution >= 4 is 23.9 Å². The van der Waals surface area contributed by atoms with Gasteiger partial charge in [-0.25, -0.2) is 0 Å². The molecule has 9 heteroatoms. The number of aliphatic hydroxyl groups is 1. The van der Waals surface area contributed by atoms with E-state index in [1.807, 2.05) is 62.3 Å². The van der Waals surface area contributed by atoms with Crippen LogP contribution < -0.4 is 0 Å². The third-order valence-electron chi connectivity index (χ3n) is 14.7. The maximum atomic E-state index is 12.4. The Labute approximate surface area is 357 Å². The van der Waals surface area contributed by atoms with Crippen LogP contribution in [-0.4, -0.2) is 58.0 Å². The molecule has 1 heterocycles. The van der Waals surface area contributed by atoms with Crippen molar-refractivity contribution in [3.63, 3.8) is 0 Å². The summed E-state index contributed by atoms with van der Waals surface area (Å²) in [4.78, 5) is 48.1. The summed E-state index contributed by atoms with van der Waals surface area (Å²) < 4.78 is 22.8. The Morgan fingerprint density at radius 2 is 1.16 bits per heavy atom. The Hall–Kier alpha value is -2.16. The molecule has 7 aliphatic carbocycles. The highest BCUT2D eigenvalue weighted by atomic mass is 16.6. The first kappa shape index (κ1) is 57.9. The lowest BCUT2D eigenvalue weighted by atomic mass is 9.52. The SMILES string of the molecule is C.C.C.C.C.C.CCC(C)(C)C(=O)OC12CC3CC(CC(O)(C3)C1)C2.CCC(C)(C)C(=O)OC1C2CC3C(=O)OC1C3C2.CCC1(OC(=O)C(C)(C)CC)CCCC1. The summed E-state index contributed by atoms with van der Waals surface area (Å²) >= 11 is 0. The predicted octanol–water partition coefficient (Wildman–Crippen LogP) is 12.5. The first-order valence-electron chi connectivity index (χ1n) is 20.8. The number of rotatable bonds is 10. The van der Waals surface area contributed by atoms with Gasteiger partial charge in [-0.05, 0) is 150 Å². The summed E-state index contributed by atoms with van der Waals surface area (Å²) in [5.74, 6) is 1.47. The fraction of sp³-hybridized carbons (Fsp3) is 0.918. The molecule has 344 valence electrons. The lowest BCUT2D eigenvalue weighted by Gasteiger charge is -2.59. The number of ether oxygens (including phenoxy) is 4. The van der Waals surface area contributed by atoms with E-state index in [0.717, 1.165) is 77.0 Å². The highest BCUT2D eigenvalue weighted by molar-refractivity contribution is 5.79. The van der Waals surface area contributed by atoms with Crippen LogP contribution in [0, 0.1) is 45.8 Å². The van der Waals surface area contributed by atoms with Crippen molar-refractivity contribution in [3.05, 3.63) is 0 Å². The Morgan fingerprint density at radius 3 is 1.60 bits per heavy atom.